The summed E-state index contributed by atoms with van der Waals surface area (Å²) in [5.41, 5.74) is 0.791. The molecule has 0 aliphatic heterocycles. The lowest BCUT2D eigenvalue weighted by Crippen LogP contribution is -2.32. The van der Waals surface area contributed by atoms with Crippen LogP contribution < -0.4 is 5.46 Å². The summed E-state index contributed by atoms with van der Waals surface area (Å²) in [5, 5.41) is 9.23. The summed E-state index contributed by atoms with van der Waals surface area (Å²) in [6.07, 6.45) is 0. The molecule has 1 aromatic carbocycles. The maximum absolute atomic E-state index is 9.23. The predicted octanol–water partition coefficient (Wildman–Crippen LogP) is 0.625. The van der Waals surface area contributed by atoms with Crippen LogP contribution in [0, 0.1) is 3.57 Å². The van der Waals surface area contributed by atoms with Gasteiger partial charge in [0.05, 0.1) is 0 Å². The Balaban J connectivity index is 2.86. The summed E-state index contributed by atoms with van der Waals surface area (Å²) in [6.45, 7) is 0. The summed E-state index contributed by atoms with van der Waals surface area (Å²) in [6, 6.07) is 7.57. The van der Waals surface area contributed by atoms with Gasteiger partial charge in [0.15, 0.2) is 0 Å². The first-order chi connectivity index (χ1) is 5.24. The first-order valence-corrected chi connectivity index (χ1v) is 4.28. The summed E-state index contributed by atoms with van der Waals surface area (Å²) in [4.78, 5) is 0. The first-order valence-electron chi connectivity index (χ1n) is 3.20. The van der Waals surface area contributed by atoms with Crippen LogP contribution in [0.5, 0.6) is 0 Å². The molecule has 0 amide bonds. The molecule has 0 atom stereocenters. The zero-order valence-electron chi connectivity index (χ0n) is 6.12. The third kappa shape index (κ3) is 2.46. The molecular formula is C7H8BIO2. The SMILES string of the molecule is COB(O)c1cccc(I)c1. The van der Waals surface area contributed by atoms with E-state index in [1.54, 1.807) is 0 Å². The Morgan fingerprint density at radius 3 is 2.82 bits per heavy atom. The van der Waals surface area contributed by atoms with Crippen molar-refractivity contribution < 1.29 is 9.68 Å². The van der Waals surface area contributed by atoms with Crippen molar-refractivity contribution in [3.05, 3.63) is 27.8 Å². The highest BCUT2D eigenvalue weighted by Gasteiger charge is 2.13. The first kappa shape index (κ1) is 9.03. The molecule has 1 rings (SSSR count). The molecule has 0 aromatic heterocycles. The van der Waals surface area contributed by atoms with Crippen LogP contribution in [0.1, 0.15) is 0 Å². The van der Waals surface area contributed by atoms with Crippen LogP contribution in [0.3, 0.4) is 0 Å². The van der Waals surface area contributed by atoms with E-state index in [4.69, 9.17) is 4.65 Å². The van der Waals surface area contributed by atoms with E-state index in [2.05, 4.69) is 22.6 Å². The molecule has 2 nitrogen and oxygen atoms in total. The molecule has 0 bridgehead atoms. The van der Waals surface area contributed by atoms with E-state index in [0.29, 0.717) is 0 Å². The van der Waals surface area contributed by atoms with Crippen molar-refractivity contribution in [2.75, 3.05) is 7.11 Å². The summed E-state index contributed by atoms with van der Waals surface area (Å²) in [7, 11) is 0.676. The van der Waals surface area contributed by atoms with E-state index < -0.39 is 7.12 Å². The minimum Gasteiger partial charge on any atom is -0.423 e. The van der Waals surface area contributed by atoms with Crippen LogP contribution in [0.25, 0.3) is 0 Å². The van der Waals surface area contributed by atoms with Crippen molar-refractivity contribution in [2.45, 2.75) is 0 Å². The average Bonchev–Trinajstić information content (AvgIpc) is 2.03. The molecule has 0 fully saturated rings. The average molecular weight is 262 g/mol. The molecule has 4 heteroatoms. The van der Waals surface area contributed by atoms with E-state index in [9.17, 15) is 5.02 Å². The maximum Gasteiger partial charge on any atom is 0.490 e. The normalized spacial score (nSPS) is 9.73. The Hall–Kier alpha value is -0.0651. The number of rotatable bonds is 2. The van der Waals surface area contributed by atoms with Crippen LogP contribution >= 0.6 is 22.6 Å². The van der Waals surface area contributed by atoms with Crippen molar-refractivity contribution in [1.29, 1.82) is 0 Å². The Morgan fingerprint density at radius 2 is 2.27 bits per heavy atom. The van der Waals surface area contributed by atoms with Crippen molar-refractivity contribution >= 4 is 35.2 Å². The van der Waals surface area contributed by atoms with Gasteiger partial charge in [-0.3, -0.25) is 0 Å². The van der Waals surface area contributed by atoms with Crippen LogP contribution in [-0.4, -0.2) is 19.3 Å². The molecule has 0 radical (unpaired) electrons. The summed E-state index contributed by atoms with van der Waals surface area (Å²) < 4.78 is 5.84. The zero-order chi connectivity index (χ0) is 8.27. The fraction of sp³-hybridized carbons (Fsp3) is 0.143. The number of halogens is 1. The second kappa shape index (κ2) is 4.08. The molecule has 0 saturated heterocycles. The highest BCUT2D eigenvalue weighted by atomic mass is 127. The lowest BCUT2D eigenvalue weighted by molar-refractivity contribution is 0.341. The van der Waals surface area contributed by atoms with Gasteiger partial charge in [0.25, 0.3) is 0 Å². The van der Waals surface area contributed by atoms with Crippen LogP contribution in [0.2, 0.25) is 0 Å². The van der Waals surface area contributed by atoms with Gasteiger partial charge < -0.3 is 9.68 Å². The molecule has 0 saturated carbocycles. The standard InChI is InChI=1S/C7H8BIO2/c1-11-8(10)6-3-2-4-7(9)5-6/h2-5,10H,1H3. The lowest BCUT2D eigenvalue weighted by atomic mass is 9.80. The third-order valence-electron chi connectivity index (χ3n) is 1.36. The van der Waals surface area contributed by atoms with Gasteiger partial charge in [-0.15, -0.1) is 0 Å². The topological polar surface area (TPSA) is 29.5 Å². The van der Waals surface area contributed by atoms with Crippen molar-refractivity contribution in [2.24, 2.45) is 0 Å². The predicted molar refractivity (Wildman–Crippen MR) is 53.8 cm³/mol. The lowest BCUT2D eigenvalue weighted by Gasteiger charge is -2.02. The van der Waals surface area contributed by atoms with E-state index in [1.807, 2.05) is 24.3 Å². The van der Waals surface area contributed by atoms with Gasteiger partial charge in [-0.25, -0.2) is 0 Å². The molecule has 1 N–H and O–H groups in total. The Morgan fingerprint density at radius 1 is 1.55 bits per heavy atom. The van der Waals surface area contributed by atoms with Crippen molar-refractivity contribution in [3.63, 3.8) is 0 Å². The summed E-state index contributed by atoms with van der Waals surface area (Å²) >= 11 is 2.19. The van der Waals surface area contributed by atoms with Gasteiger partial charge in [-0.2, -0.15) is 0 Å². The molecule has 58 valence electrons. The Kier molecular flexibility index (Phi) is 3.35. The van der Waals surface area contributed by atoms with Gasteiger partial charge in [0.2, 0.25) is 0 Å². The summed E-state index contributed by atoms with van der Waals surface area (Å²) in [5.74, 6) is 0. The van der Waals surface area contributed by atoms with Gasteiger partial charge in [0.1, 0.15) is 0 Å². The maximum atomic E-state index is 9.23. The van der Waals surface area contributed by atoms with E-state index in [1.165, 1.54) is 7.11 Å². The second-order valence-corrected chi connectivity index (χ2v) is 3.39. The van der Waals surface area contributed by atoms with Gasteiger partial charge in [0, 0.05) is 10.7 Å². The van der Waals surface area contributed by atoms with E-state index >= 15 is 0 Å². The highest BCUT2D eigenvalue weighted by Crippen LogP contribution is 2.00. The smallest absolute Gasteiger partial charge is 0.423 e. The van der Waals surface area contributed by atoms with Gasteiger partial charge in [-0.1, -0.05) is 12.1 Å². The number of hydrogen-bond donors (Lipinski definition) is 1. The second-order valence-electron chi connectivity index (χ2n) is 2.14. The van der Waals surface area contributed by atoms with Crippen molar-refractivity contribution in [3.8, 4) is 0 Å². The fourth-order valence-electron chi connectivity index (χ4n) is 0.796. The van der Waals surface area contributed by atoms with Crippen LogP contribution in [0.15, 0.2) is 24.3 Å². The molecule has 0 unspecified atom stereocenters. The minimum absolute atomic E-state index is 0.791. The molecule has 0 aliphatic rings. The number of benzene rings is 1. The van der Waals surface area contributed by atoms with Gasteiger partial charge >= 0.3 is 7.12 Å². The monoisotopic (exact) mass is 262 g/mol. The van der Waals surface area contributed by atoms with E-state index in [0.717, 1.165) is 9.03 Å². The molecule has 0 spiro atoms. The van der Waals surface area contributed by atoms with Gasteiger partial charge in [-0.05, 0) is 40.2 Å². The molecule has 1 aromatic rings. The van der Waals surface area contributed by atoms with E-state index in [-0.39, 0.29) is 0 Å². The van der Waals surface area contributed by atoms with Crippen LogP contribution in [0.4, 0.5) is 0 Å². The third-order valence-corrected chi connectivity index (χ3v) is 2.03. The molecule has 11 heavy (non-hydrogen) atoms. The van der Waals surface area contributed by atoms with Crippen LogP contribution in [-0.2, 0) is 4.65 Å². The molecule has 0 heterocycles. The Labute approximate surface area is 79.9 Å². The van der Waals surface area contributed by atoms with Crippen molar-refractivity contribution in [1.82, 2.24) is 0 Å². The molecular weight excluding hydrogens is 254 g/mol. The zero-order valence-corrected chi connectivity index (χ0v) is 8.28. The fourth-order valence-corrected chi connectivity index (χ4v) is 1.36. The quantitative estimate of drug-likeness (QED) is 0.625. The highest BCUT2D eigenvalue weighted by molar-refractivity contribution is 14.1. The minimum atomic E-state index is -0.801. The largest absolute Gasteiger partial charge is 0.490 e. The number of hydrogen-bond acceptors (Lipinski definition) is 2. The Bertz CT molecular complexity index is 242. The molecule has 0 aliphatic carbocycles.